The molecular formula is C22H20Cl3NO2. The van der Waals surface area contributed by atoms with Crippen LogP contribution in [0.3, 0.4) is 0 Å². The van der Waals surface area contributed by atoms with E-state index in [9.17, 15) is 0 Å². The van der Waals surface area contributed by atoms with Crippen molar-refractivity contribution in [2.24, 2.45) is 0 Å². The first-order valence-electron chi connectivity index (χ1n) is 8.70. The third kappa shape index (κ3) is 5.26. The number of nitrogens with one attached hydrogen (secondary N) is 1. The van der Waals surface area contributed by atoms with Gasteiger partial charge in [-0.2, -0.15) is 0 Å². The van der Waals surface area contributed by atoms with Crippen molar-refractivity contribution in [1.82, 2.24) is 0 Å². The van der Waals surface area contributed by atoms with Gasteiger partial charge in [0.25, 0.3) is 0 Å². The van der Waals surface area contributed by atoms with Gasteiger partial charge in [0.1, 0.15) is 6.61 Å². The van der Waals surface area contributed by atoms with Crippen LogP contribution in [0, 0.1) is 6.92 Å². The Bertz CT molecular complexity index is 959. The number of hydrogen-bond donors (Lipinski definition) is 1. The van der Waals surface area contributed by atoms with Crippen LogP contribution in [0.5, 0.6) is 11.5 Å². The van der Waals surface area contributed by atoms with Crippen molar-refractivity contribution >= 4 is 40.5 Å². The summed E-state index contributed by atoms with van der Waals surface area (Å²) in [5.74, 6) is 1.21. The van der Waals surface area contributed by atoms with Crippen LogP contribution >= 0.6 is 34.8 Å². The minimum Gasteiger partial charge on any atom is -0.493 e. The number of halogens is 3. The van der Waals surface area contributed by atoms with E-state index in [2.05, 4.69) is 5.32 Å². The molecule has 3 nitrogen and oxygen atoms in total. The lowest BCUT2D eigenvalue weighted by atomic mass is 10.1. The number of aryl methyl sites for hydroxylation is 1. The summed E-state index contributed by atoms with van der Waals surface area (Å²) in [5, 5.41) is 5.33. The normalized spacial score (nSPS) is 10.6. The highest BCUT2D eigenvalue weighted by Gasteiger charge is 2.11. The predicted molar refractivity (Wildman–Crippen MR) is 117 cm³/mol. The van der Waals surface area contributed by atoms with Crippen LogP contribution in [0.4, 0.5) is 5.69 Å². The van der Waals surface area contributed by atoms with Gasteiger partial charge in [0, 0.05) is 33.4 Å². The van der Waals surface area contributed by atoms with Crippen LogP contribution in [0.2, 0.25) is 15.1 Å². The zero-order chi connectivity index (χ0) is 20.1. The number of methoxy groups -OCH3 is 1. The molecule has 0 unspecified atom stereocenters. The average Bonchev–Trinajstić information content (AvgIpc) is 2.69. The first kappa shape index (κ1) is 20.7. The third-order valence-electron chi connectivity index (χ3n) is 4.30. The lowest BCUT2D eigenvalue weighted by Gasteiger charge is -2.15. The molecule has 0 aliphatic rings. The first-order chi connectivity index (χ1) is 13.5. The van der Waals surface area contributed by atoms with Gasteiger partial charge in [-0.1, -0.05) is 53.0 Å². The molecule has 0 amide bonds. The molecule has 0 radical (unpaired) electrons. The van der Waals surface area contributed by atoms with E-state index in [0.29, 0.717) is 34.7 Å². The second-order valence-electron chi connectivity index (χ2n) is 6.33. The van der Waals surface area contributed by atoms with Gasteiger partial charge in [0.15, 0.2) is 11.5 Å². The Balaban J connectivity index is 1.71. The average molecular weight is 437 g/mol. The van der Waals surface area contributed by atoms with Crippen LogP contribution in [0.1, 0.15) is 16.7 Å². The monoisotopic (exact) mass is 435 g/mol. The predicted octanol–water partition coefficient (Wildman–Crippen LogP) is 7.15. The topological polar surface area (TPSA) is 30.5 Å². The van der Waals surface area contributed by atoms with Gasteiger partial charge in [-0.25, -0.2) is 0 Å². The van der Waals surface area contributed by atoms with E-state index in [1.807, 2.05) is 55.5 Å². The molecule has 0 saturated heterocycles. The molecule has 0 bridgehead atoms. The van der Waals surface area contributed by atoms with Crippen molar-refractivity contribution in [3.8, 4) is 11.5 Å². The van der Waals surface area contributed by atoms with E-state index >= 15 is 0 Å². The molecule has 0 aromatic heterocycles. The summed E-state index contributed by atoms with van der Waals surface area (Å²) < 4.78 is 11.4. The highest BCUT2D eigenvalue weighted by Crippen LogP contribution is 2.34. The summed E-state index contributed by atoms with van der Waals surface area (Å²) >= 11 is 18.6. The minimum atomic E-state index is 0.392. The SMILES string of the molecule is COc1cc(CNc2ccc(C)c(Cl)c2)c(Cl)cc1OCc1ccc(Cl)cc1. The number of benzene rings is 3. The second-order valence-corrected chi connectivity index (χ2v) is 7.58. The van der Waals surface area contributed by atoms with Gasteiger partial charge in [0.2, 0.25) is 0 Å². The maximum Gasteiger partial charge on any atom is 0.163 e. The standard InChI is InChI=1S/C22H20Cl3NO2/c1-14-3-8-18(10-19(14)24)26-12-16-9-21(27-2)22(11-20(16)25)28-13-15-4-6-17(23)7-5-15/h3-11,26H,12-13H2,1-2H3. The van der Waals surface area contributed by atoms with Crippen molar-refractivity contribution in [3.63, 3.8) is 0 Å². The summed E-state index contributed by atoms with van der Waals surface area (Å²) in [6, 6.07) is 17.0. The third-order valence-corrected chi connectivity index (χ3v) is 5.31. The second kappa shape index (κ2) is 9.42. The maximum absolute atomic E-state index is 6.46. The Morgan fingerprint density at radius 2 is 1.61 bits per heavy atom. The van der Waals surface area contributed by atoms with Gasteiger partial charge in [-0.15, -0.1) is 0 Å². The molecule has 0 fully saturated rings. The van der Waals surface area contributed by atoms with Gasteiger partial charge < -0.3 is 14.8 Å². The molecule has 0 aliphatic heterocycles. The summed E-state index contributed by atoms with van der Waals surface area (Å²) in [6.45, 7) is 2.89. The van der Waals surface area contributed by atoms with Crippen LogP contribution < -0.4 is 14.8 Å². The Kier molecular flexibility index (Phi) is 6.95. The smallest absolute Gasteiger partial charge is 0.163 e. The lowest BCUT2D eigenvalue weighted by Crippen LogP contribution is -2.03. The fourth-order valence-electron chi connectivity index (χ4n) is 2.63. The van der Waals surface area contributed by atoms with Crippen molar-refractivity contribution in [2.75, 3.05) is 12.4 Å². The molecule has 0 spiro atoms. The molecule has 0 heterocycles. The fourth-order valence-corrected chi connectivity index (χ4v) is 3.15. The van der Waals surface area contributed by atoms with Crippen LogP contribution in [-0.2, 0) is 13.2 Å². The number of anilines is 1. The summed E-state index contributed by atoms with van der Waals surface area (Å²) in [6.07, 6.45) is 0. The van der Waals surface area contributed by atoms with Crippen molar-refractivity contribution in [2.45, 2.75) is 20.1 Å². The maximum atomic E-state index is 6.46. The highest BCUT2D eigenvalue weighted by atomic mass is 35.5. The van der Waals surface area contributed by atoms with Gasteiger partial charge in [-0.3, -0.25) is 0 Å². The molecule has 0 atom stereocenters. The number of hydrogen-bond acceptors (Lipinski definition) is 3. The van der Waals surface area contributed by atoms with Crippen molar-refractivity contribution in [3.05, 3.63) is 86.4 Å². The number of rotatable bonds is 7. The van der Waals surface area contributed by atoms with E-state index in [1.54, 1.807) is 13.2 Å². The fraction of sp³-hybridized carbons (Fsp3) is 0.182. The molecule has 3 aromatic carbocycles. The quantitative estimate of drug-likeness (QED) is 0.426. The minimum absolute atomic E-state index is 0.392. The Hall–Kier alpha value is -2.07. The number of ether oxygens (including phenoxy) is 2. The molecular weight excluding hydrogens is 417 g/mol. The lowest BCUT2D eigenvalue weighted by molar-refractivity contribution is 0.284. The summed E-state index contributed by atoms with van der Waals surface area (Å²) in [4.78, 5) is 0. The Labute approximate surface area is 180 Å². The largest absolute Gasteiger partial charge is 0.493 e. The molecule has 6 heteroatoms. The van der Waals surface area contributed by atoms with E-state index in [1.165, 1.54) is 0 Å². The van der Waals surface area contributed by atoms with Gasteiger partial charge >= 0.3 is 0 Å². The van der Waals surface area contributed by atoms with Gasteiger partial charge in [-0.05, 0) is 53.9 Å². The summed E-state index contributed by atoms with van der Waals surface area (Å²) in [5.41, 5.74) is 3.86. The van der Waals surface area contributed by atoms with Crippen molar-refractivity contribution in [1.29, 1.82) is 0 Å². The van der Waals surface area contributed by atoms with Crippen LogP contribution in [0.15, 0.2) is 54.6 Å². The highest BCUT2D eigenvalue weighted by molar-refractivity contribution is 6.32. The van der Waals surface area contributed by atoms with Crippen LogP contribution in [-0.4, -0.2) is 7.11 Å². The molecule has 3 aromatic rings. The zero-order valence-corrected chi connectivity index (χ0v) is 17.8. The van der Waals surface area contributed by atoms with E-state index in [4.69, 9.17) is 44.3 Å². The first-order valence-corrected chi connectivity index (χ1v) is 9.83. The van der Waals surface area contributed by atoms with Gasteiger partial charge in [0.05, 0.1) is 7.11 Å². The van der Waals surface area contributed by atoms with E-state index in [-0.39, 0.29) is 0 Å². The van der Waals surface area contributed by atoms with E-state index in [0.717, 1.165) is 27.4 Å². The van der Waals surface area contributed by atoms with E-state index < -0.39 is 0 Å². The van der Waals surface area contributed by atoms with Crippen molar-refractivity contribution < 1.29 is 9.47 Å². The zero-order valence-electron chi connectivity index (χ0n) is 15.6. The van der Waals surface area contributed by atoms with Crippen LogP contribution in [0.25, 0.3) is 0 Å². The molecule has 0 saturated carbocycles. The Morgan fingerprint density at radius 3 is 2.29 bits per heavy atom. The molecule has 0 aliphatic carbocycles. The molecule has 1 N–H and O–H groups in total. The summed E-state index contributed by atoms with van der Waals surface area (Å²) in [7, 11) is 1.61. The molecule has 146 valence electrons. The Morgan fingerprint density at radius 1 is 0.857 bits per heavy atom. The molecule has 28 heavy (non-hydrogen) atoms. The molecule has 3 rings (SSSR count).